The van der Waals surface area contributed by atoms with Crippen LogP contribution < -0.4 is 5.32 Å². The number of nitrogens with one attached hydrogen (secondary N) is 1. The summed E-state index contributed by atoms with van der Waals surface area (Å²) in [6.07, 6.45) is 3.12. The lowest BCUT2D eigenvalue weighted by atomic mass is 10.0. The molecule has 0 saturated carbocycles. The third-order valence-electron chi connectivity index (χ3n) is 4.54. The summed E-state index contributed by atoms with van der Waals surface area (Å²) < 4.78 is 5.30. The van der Waals surface area contributed by atoms with Crippen LogP contribution >= 0.6 is 0 Å². The smallest absolute Gasteiger partial charge is 0.276 e. The Balaban J connectivity index is 1.40. The quantitative estimate of drug-likeness (QED) is 0.727. The number of nitrogens with zero attached hydrogens (tertiary/aromatic N) is 4. The number of benzene rings is 1. The molecule has 0 spiro atoms. The average Bonchev–Trinajstić information content (AvgIpc) is 3.21. The zero-order valence-corrected chi connectivity index (χ0v) is 14.5. The van der Waals surface area contributed by atoms with Crippen molar-refractivity contribution in [3.63, 3.8) is 0 Å². The lowest BCUT2D eigenvalue weighted by Gasteiger charge is -2.35. The highest BCUT2D eigenvalue weighted by atomic mass is 16.5. The van der Waals surface area contributed by atoms with Gasteiger partial charge in [0, 0.05) is 37.1 Å². The number of carbonyl (C=O) groups excluding carboxylic acids is 1. The largest absolute Gasteiger partial charge is 0.389 e. The normalized spacial score (nSPS) is 19.7. The van der Waals surface area contributed by atoms with Gasteiger partial charge in [0.25, 0.3) is 5.91 Å². The Morgan fingerprint density at radius 1 is 1.19 bits per heavy atom. The number of hydrogen-bond acceptors (Lipinski definition) is 7. The number of aliphatic hydroxyl groups is 1. The van der Waals surface area contributed by atoms with Crippen molar-refractivity contribution >= 4 is 11.9 Å². The van der Waals surface area contributed by atoms with Crippen LogP contribution in [-0.2, 0) is 0 Å². The predicted molar refractivity (Wildman–Crippen MR) is 97.9 cm³/mol. The molecule has 138 valence electrons. The topological polar surface area (TPSA) is 104 Å². The van der Waals surface area contributed by atoms with Gasteiger partial charge in [-0.05, 0) is 12.5 Å². The first-order valence-corrected chi connectivity index (χ1v) is 8.74. The third kappa shape index (κ3) is 3.80. The molecule has 3 heterocycles. The summed E-state index contributed by atoms with van der Waals surface area (Å²) in [4.78, 5) is 22.5. The molecular weight excluding hydrogens is 346 g/mol. The molecule has 1 aliphatic rings. The number of carbonyl (C=O) groups is 1. The Hall–Kier alpha value is -3.26. The van der Waals surface area contributed by atoms with Gasteiger partial charge in [0.1, 0.15) is 0 Å². The lowest BCUT2D eigenvalue weighted by Crippen LogP contribution is -2.51. The summed E-state index contributed by atoms with van der Waals surface area (Å²) in [5, 5.41) is 17.4. The van der Waals surface area contributed by atoms with E-state index >= 15 is 0 Å². The van der Waals surface area contributed by atoms with E-state index in [9.17, 15) is 9.90 Å². The summed E-state index contributed by atoms with van der Waals surface area (Å²) in [6.45, 7) is 0.699. The standard InChI is InChI=1S/C19H19N5O3/c25-16-12-24(10-7-14(16)22-19-20-8-4-9-21-19)18(26)15-11-17(27-23-15)13-5-2-1-3-6-13/h1-6,8-9,11,14,16,25H,7,10,12H2,(H,20,21,22)/t14-,16-/m1/s1. The van der Waals surface area contributed by atoms with Crippen molar-refractivity contribution in [3.8, 4) is 11.3 Å². The molecule has 0 unspecified atom stereocenters. The molecule has 1 aliphatic heterocycles. The molecule has 1 saturated heterocycles. The van der Waals surface area contributed by atoms with Crippen molar-refractivity contribution in [2.75, 3.05) is 18.4 Å². The second kappa shape index (κ2) is 7.55. The molecule has 2 atom stereocenters. The predicted octanol–water partition coefficient (Wildman–Crippen LogP) is 1.82. The van der Waals surface area contributed by atoms with E-state index in [-0.39, 0.29) is 24.2 Å². The first kappa shape index (κ1) is 17.2. The first-order chi connectivity index (χ1) is 13.2. The van der Waals surface area contributed by atoms with Gasteiger partial charge < -0.3 is 19.8 Å². The SMILES string of the molecule is O=C(c1cc(-c2ccccc2)on1)N1CC[C@@H](Nc2ncccn2)[C@H](O)C1. The molecule has 8 nitrogen and oxygen atoms in total. The van der Waals surface area contributed by atoms with Gasteiger partial charge in [-0.25, -0.2) is 9.97 Å². The Morgan fingerprint density at radius 3 is 2.70 bits per heavy atom. The summed E-state index contributed by atoms with van der Waals surface area (Å²) >= 11 is 0. The number of piperidine rings is 1. The van der Waals surface area contributed by atoms with Crippen molar-refractivity contribution in [2.45, 2.75) is 18.6 Å². The summed E-state index contributed by atoms with van der Waals surface area (Å²) in [7, 11) is 0. The number of hydrogen-bond donors (Lipinski definition) is 2. The molecule has 1 fully saturated rings. The molecule has 4 rings (SSSR count). The fourth-order valence-electron chi connectivity index (χ4n) is 3.10. The van der Waals surface area contributed by atoms with Crippen LogP contribution in [0.15, 0.2) is 59.4 Å². The molecule has 3 aromatic rings. The van der Waals surface area contributed by atoms with Crippen LogP contribution in [0.4, 0.5) is 5.95 Å². The van der Waals surface area contributed by atoms with E-state index in [1.54, 1.807) is 29.4 Å². The highest BCUT2D eigenvalue weighted by Crippen LogP contribution is 2.22. The van der Waals surface area contributed by atoms with E-state index in [2.05, 4.69) is 20.4 Å². The monoisotopic (exact) mass is 365 g/mol. The highest BCUT2D eigenvalue weighted by Gasteiger charge is 2.32. The van der Waals surface area contributed by atoms with Crippen molar-refractivity contribution in [3.05, 3.63) is 60.6 Å². The van der Waals surface area contributed by atoms with E-state index in [1.165, 1.54) is 0 Å². The Morgan fingerprint density at radius 2 is 1.96 bits per heavy atom. The molecule has 1 amide bonds. The van der Waals surface area contributed by atoms with Crippen molar-refractivity contribution in [2.24, 2.45) is 0 Å². The zero-order valence-electron chi connectivity index (χ0n) is 14.5. The summed E-state index contributed by atoms with van der Waals surface area (Å²) in [6, 6.07) is 12.6. The van der Waals surface area contributed by atoms with Crippen LogP contribution in [-0.4, -0.2) is 56.3 Å². The van der Waals surface area contributed by atoms with E-state index < -0.39 is 6.10 Å². The van der Waals surface area contributed by atoms with Gasteiger partial charge >= 0.3 is 0 Å². The van der Waals surface area contributed by atoms with Gasteiger partial charge in [-0.15, -0.1) is 0 Å². The second-order valence-corrected chi connectivity index (χ2v) is 6.37. The highest BCUT2D eigenvalue weighted by molar-refractivity contribution is 5.93. The number of β-amino-alcohol motifs (C(OH)–C–C–N with tert-alkyl or cyclic N) is 1. The maximum Gasteiger partial charge on any atom is 0.276 e. The van der Waals surface area contributed by atoms with E-state index in [0.717, 1.165) is 5.56 Å². The third-order valence-corrected chi connectivity index (χ3v) is 4.54. The van der Waals surface area contributed by atoms with Crippen molar-refractivity contribution in [1.82, 2.24) is 20.0 Å². The Labute approximate surface area is 155 Å². The van der Waals surface area contributed by atoms with E-state index in [0.29, 0.717) is 24.7 Å². The average molecular weight is 365 g/mol. The minimum Gasteiger partial charge on any atom is -0.389 e. The van der Waals surface area contributed by atoms with Gasteiger partial charge in [0.05, 0.1) is 12.1 Å². The Kier molecular flexibility index (Phi) is 4.80. The molecule has 0 bridgehead atoms. The van der Waals surface area contributed by atoms with E-state index in [1.807, 2.05) is 30.3 Å². The van der Waals surface area contributed by atoms with Crippen LogP contribution in [0.1, 0.15) is 16.9 Å². The summed E-state index contributed by atoms with van der Waals surface area (Å²) in [5.41, 5.74) is 1.09. The Bertz CT molecular complexity index is 900. The van der Waals surface area contributed by atoms with Crippen LogP contribution in [0.25, 0.3) is 11.3 Å². The van der Waals surface area contributed by atoms with Crippen LogP contribution in [0.2, 0.25) is 0 Å². The number of amides is 1. The fourth-order valence-corrected chi connectivity index (χ4v) is 3.10. The van der Waals surface area contributed by atoms with Crippen molar-refractivity contribution in [1.29, 1.82) is 0 Å². The maximum absolute atomic E-state index is 12.7. The number of rotatable bonds is 4. The molecule has 27 heavy (non-hydrogen) atoms. The van der Waals surface area contributed by atoms with Gasteiger partial charge in [0.15, 0.2) is 11.5 Å². The number of likely N-dealkylation sites (tertiary alicyclic amines) is 1. The van der Waals surface area contributed by atoms with Crippen LogP contribution in [0, 0.1) is 0 Å². The molecule has 0 radical (unpaired) electrons. The number of aromatic nitrogens is 3. The van der Waals surface area contributed by atoms with Gasteiger partial charge in [0.2, 0.25) is 5.95 Å². The van der Waals surface area contributed by atoms with Crippen LogP contribution in [0.5, 0.6) is 0 Å². The van der Waals surface area contributed by atoms with Gasteiger partial charge in [-0.3, -0.25) is 4.79 Å². The number of aliphatic hydroxyl groups excluding tert-OH is 1. The molecule has 0 aliphatic carbocycles. The maximum atomic E-state index is 12.7. The zero-order chi connectivity index (χ0) is 18.6. The molecule has 8 heteroatoms. The lowest BCUT2D eigenvalue weighted by molar-refractivity contribution is 0.0418. The van der Waals surface area contributed by atoms with Gasteiger partial charge in [-0.1, -0.05) is 35.5 Å². The van der Waals surface area contributed by atoms with Gasteiger partial charge in [-0.2, -0.15) is 0 Å². The van der Waals surface area contributed by atoms with E-state index in [4.69, 9.17) is 4.52 Å². The fraction of sp³-hybridized carbons (Fsp3) is 0.263. The molecule has 2 aromatic heterocycles. The van der Waals surface area contributed by atoms with Crippen molar-refractivity contribution < 1.29 is 14.4 Å². The molecule has 1 aromatic carbocycles. The molecule has 2 N–H and O–H groups in total. The number of anilines is 1. The first-order valence-electron chi connectivity index (χ1n) is 8.74. The van der Waals surface area contributed by atoms with Crippen LogP contribution in [0.3, 0.4) is 0 Å². The summed E-state index contributed by atoms with van der Waals surface area (Å²) in [5.74, 6) is 0.747. The molecular formula is C19H19N5O3. The minimum absolute atomic E-state index is 0.205. The second-order valence-electron chi connectivity index (χ2n) is 6.37. The minimum atomic E-state index is -0.730.